The molecule has 0 saturated heterocycles. The summed E-state index contributed by atoms with van der Waals surface area (Å²) < 4.78 is 5.71. The van der Waals surface area contributed by atoms with Crippen LogP contribution in [0, 0.1) is 0 Å². The zero-order valence-electron chi connectivity index (χ0n) is 13.1. The summed E-state index contributed by atoms with van der Waals surface area (Å²) in [6, 6.07) is 5.89. The van der Waals surface area contributed by atoms with E-state index in [1.807, 2.05) is 32.0 Å². The van der Waals surface area contributed by atoms with Gasteiger partial charge in [-0.15, -0.1) is 0 Å². The fourth-order valence-electron chi connectivity index (χ4n) is 2.55. The van der Waals surface area contributed by atoms with Gasteiger partial charge in [0.05, 0.1) is 6.10 Å². The lowest BCUT2D eigenvalue weighted by Gasteiger charge is -2.23. The number of aliphatic hydroxyl groups excluding tert-OH is 1. The van der Waals surface area contributed by atoms with Crippen molar-refractivity contribution in [1.82, 2.24) is 5.32 Å². The third-order valence-electron chi connectivity index (χ3n) is 4.08. The molecule has 1 aromatic carbocycles. The lowest BCUT2D eigenvalue weighted by Crippen LogP contribution is -2.41. The van der Waals surface area contributed by atoms with Crippen molar-refractivity contribution < 1.29 is 14.6 Å². The van der Waals surface area contributed by atoms with Gasteiger partial charge in [0.1, 0.15) is 5.75 Å². The van der Waals surface area contributed by atoms with Gasteiger partial charge in [-0.2, -0.15) is 0 Å². The Morgan fingerprint density at radius 3 is 2.95 bits per heavy atom. The summed E-state index contributed by atoms with van der Waals surface area (Å²) in [7, 11) is 0. The number of fused-ring (bicyclic) bond motifs is 1. The first-order valence-electron chi connectivity index (χ1n) is 7.79. The van der Waals surface area contributed by atoms with E-state index in [0.29, 0.717) is 5.75 Å². The fourth-order valence-corrected chi connectivity index (χ4v) is 2.55. The molecule has 1 aliphatic rings. The monoisotopic (exact) mass is 291 g/mol. The van der Waals surface area contributed by atoms with E-state index in [0.717, 1.165) is 31.2 Å². The van der Waals surface area contributed by atoms with Crippen molar-refractivity contribution in [3.8, 4) is 5.75 Å². The third kappa shape index (κ3) is 3.97. The van der Waals surface area contributed by atoms with Crippen molar-refractivity contribution in [1.29, 1.82) is 0 Å². The molecule has 116 valence electrons. The Balaban J connectivity index is 2.03. The molecule has 0 aliphatic heterocycles. The van der Waals surface area contributed by atoms with E-state index < -0.39 is 12.2 Å². The summed E-state index contributed by atoms with van der Waals surface area (Å²) in [5.41, 5.74) is 2.12. The molecule has 0 bridgehead atoms. The van der Waals surface area contributed by atoms with Crippen LogP contribution in [0.5, 0.6) is 5.75 Å². The van der Waals surface area contributed by atoms with Gasteiger partial charge < -0.3 is 15.2 Å². The highest BCUT2D eigenvalue weighted by Crippen LogP contribution is 2.32. The molecule has 1 aliphatic carbocycles. The normalized spacial score (nSPS) is 20.3. The SMILES string of the molecule is CCC(C)NC(=O)C(C)Oc1ccc2c(c1)[C@H](O)CCC2. The molecule has 0 spiro atoms. The second kappa shape index (κ2) is 6.94. The largest absolute Gasteiger partial charge is 0.481 e. The lowest BCUT2D eigenvalue weighted by atomic mass is 9.89. The minimum absolute atomic E-state index is 0.109. The molecule has 1 amide bonds. The van der Waals surface area contributed by atoms with Gasteiger partial charge in [-0.25, -0.2) is 0 Å². The van der Waals surface area contributed by atoms with Crippen LogP contribution < -0.4 is 10.1 Å². The molecule has 0 radical (unpaired) electrons. The average Bonchev–Trinajstić information content (AvgIpc) is 2.47. The van der Waals surface area contributed by atoms with Crippen LogP contribution in [0.2, 0.25) is 0 Å². The Hall–Kier alpha value is -1.55. The third-order valence-corrected chi connectivity index (χ3v) is 4.08. The van der Waals surface area contributed by atoms with Gasteiger partial charge >= 0.3 is 0 Å². The maximum atomic E-state index is 12.0. The van der Waals surface area contributed by atoms with Crippen LogP contribution >= 0.6 is 0 Å². The van der Waals surface area contributed by atoms with E-state index in [4.69, 9.17) is 4.74 Å². The van der Waals surface area contributed by atoms with Crippen molar-refractivity contribution in [2.24, 2.45) is 0 Å². The van der Waals surface area contributed by atoms with E-state index in [1.54, 1.807) is 6.92 Å². The maximum Gasteiger partial charge on any atom is 0.260 e. The van der Waals surface area contributed by atoms with E-state index in [9.17, 15) is 9.90 Å². The number of hydrogen-bond donors (Lipinski definition) is 2. The van der Waals surface area contributed by atoms with E-state index >= 15 is 0 Å². The molecule has 2 N–H and O–H groups in total. The quantitative estimate of drug-likeness (QED) is 0.877. The van der Waals surface area contributed by atoms with Crippen LogP contribution in [0.3, 0.4) is 0 Å². The highest BCUT2D eigenvalue weighted by Gasteiger charge is 2.20. The smallest absolute Gasteiger partial charge is 0.260 e. The number of carbonyl (C=O) groups excluding carboxylic acids is 1. The van der Waals surface area contributed by atoms with E-state index in [-0.39, 0.29) is 11.9 Å². The molecule has 0 aromatic heterocycles. The summed E-state index contributed by atoms with van der Waals surface area (Å²) in [6.07, 6.45) is 2.74. The van der Waals surface area contributed by atoms with Crippen molar-refractivity contribution in [3.05, 3.63) is 29.3 Å². The van der Waals surface area contributed by atoms with Crippen LogP contribution in [0.1, 0.15) is 57.3 Å². The number of ether oxygens (including phenoxy) is 1. The van der Waals surface area contributed by atoms with Gasteiger partial charge in [0, 0.05) is 6.04 Å². The number of aliphatic hydroxyl groups is 1. The molecule has 2 unspecified atom stereocenters. The predicted octanol–water partition coefficient (Wildman–Crippen LogP) is 2.74. The summed E-state index contributed by atoms with van der Waals surface area (Å²) in [5, 5.41) is 13.0. The van der Waals surface area contributed by atoms with Gasteiger partial charge in [-0.3, -0.25) is 4.79 Å². The average molecular weight is 291 g/mol. The lowest BCUT2D eigenvalue weighted by molar-refractivity contribution is -0.127. The standard InChI is InChI=1S/C17H25NO3/c1-4-11(2)18-17(20)12(3)21-14-9-8-13-6-5-7-16(19)15(13)10-14/h8-12,16,19H,4-7H2,1-3H3,(H,18,20)/t11?,12?,16-/m1/s1. The zero-order chi connectivity index (χ0) is 15.4. The van der Waals surface area contributed by atoms with Gasteiger partial charge in [-0.05, 0) is 62.8 Å². The van der Waals surface area contributed by atoms with Crippen LogP contribution in [-0.2, 0) is 11.2 Å². The highest BCUT2D eigenvalue weighted by atomic mass is 16.5. The molecule has 4 heteroatoms. The summed E-state index contributed by atoms with van der Waals surface area (Å²) >= 11 is 0. The molecule has 0 heterocycles. The minimum atomic E-state index is -0.544. The summed E-state index contributed by atoms with van der Waals surface area (Å²) in [5.74, 6) is 0.532. The van der Waals surface area contributed by atoms with E-state index in [1.165, 1.54) is 5.56 Å². The number of rotatable bonds is 5. The second-order valence-electron chi connectivity index (χ2n) is 5.85. The minimum Gasteiger partial charge on any atom is -0.481 e. The molecule has 21 heavy (non-hydrogen) atoms. The number of hydrogen-bond acceptors (Lipinski definition) is 3. The Morgan fingerprint density at radius 1 is 1.48 bits per heavy atom. The van der Waals surface area contributed by atoms with Crippen molar-refractivity contribution in [2.75, 3.05) is 0 Å². The van der Waals surface area contributed by atoms with Crippen LogP contribution in [0.25, 0.3) is 0 Å². The van der Waals surface area contributed by atoms with E-state index in [2.05, 4.69) is 5.32 Å². The molecule has 0 saturated carbocycles. The van der Waals surface area contributed by atoms with Gasteiger partial charge in [0.25, 0.3) is 5.91 Å². The number of nitrogens with one attached hydrogen (secondary N) is 1. The Bertz CT molecular complexity index is 501. The molecule has 0 fully saturated rings. The molecule has 2 rings (SSSR count). The number of benzene rings is 1. The topological polar surface area (TPSA) is 58.6 Å². The maximum absolute atomic E-state index is 12.0. The first-order chi connectivity index (χ1) is 10.0. The molecule has 4 nitrogen and oxygen atoms in total. The zero-order valence-corrected chi connectivity index (χ0v) is 13.1. The Labute approximate surface area is 126 Å². The summed E-state index contributed by atoms with van der Waals surface area (Å²) in [6.45, 7) is 5.74. The first kappa shape index (κ1) is 15.8. The predicted molar refractivity (Wildman–Crippen MR) is 82.3 cm³/mol. The van der Waals surface area contributed by atoms with Crippen LogP contribution in [-0.4, -0.2) is 23.2 Å². The second-order valence-corrected chi connectivity index (χ2v) is 5.85. The van der Waals surface area contributed by atoms with Crippen molar-refractivity contribution in [3.63, 3.8) is 0 Å². The van der Waals surface area contributed by atoms with Crippen LogP contribution in [0.4, 0.5) is 0 Å². The van der Waals surface area contributed by atoms with Gasteiger partial charge in [-0.1, -0.05) is 13.0 Å². The summed E-state index contributed by atoms with van der Waals surface area (Å²) in [4.78, 5) is 12.0. The Morgan fingerprint density at radius 2 is 2.24 bits per heavy atom. The van der Waals surface area contributed by atoms with Gasteiger partial charge in [0.2, 0.25) is 0 Å². The molecule has 3 atom stereocenters. The Kier molecular flexibility index (Phi) is 5.23. The van der Waals surface area contributed by atoms with Crippen LogP contribution in [0.15, 0.2) is 18.2 Å². The first-order valence-corrected chi connectivity index (χ1v) is 7.79. The van der Waals surface area contributed by atoms with Crippen molar-refractivity contribution >= 4 is 5.91 Å². The van der Waals surface area contributed by atoms with Gasteiger partial charge in [0.15, 0.2) is 6.10 Å². The fraction of sp³-hybridized carbons (Fsp3) is 0.588. The molecular weight excluding hydrogens is 266 g/mol. The number of amides is 1. The number of aryl methyl sites for hydroxylation is 1. The molecular formula is C17H25NO3. The highest BCUT2D eigenvalue weighted by molar-refractivity contribution is 5.80. The molecule has 1 aromatic rings. The van der Waals surface area contributed by atoms with Crippen molar-refractivity contribution in [2.45, 2.75) is 64.7 Å². The number of carbonyl (C=O) groups is 1.